The summed E-state index contributed by atoms with van der Waals surface area (Å²) in [5.74, 6) is 3.97. The van der Waals surface area contributed by atoms with Crippen molar-refractivity contribution in [3.05, 3.63) is 63.7 Å². The lowest BCUT2D eigenvalue weighted by Gasteiger charge is -2.10. The summed E-state index contributed by atoms with van der Waals surface area (Å²) in [7, 11) is 0. The lowest BCUT2D eigenvalue weighted by molar-refractivity contribution is -0.384. The van der Waals surface area contributed by atoms with E-state index in [9.17, 15) is 24.5 Å². The Labute approximate surface area is 147 Å². The number of anilines is 1. The lowest BCUT2D eigenvalue weighted by atomic mass is 10.1. The highest BCUT2D eigenvalue weighted by Gasteiger charge is 2.13. The molecule has 134 valence electrons. The van der Waals surface area contributed by atoms with Gasteiger partial charge in [-0.15, -0.1) is 0 Å². The Morgan fingerprint density at radius 3 is 2.65 bits per heavy atom. The van der Waals surface area contributed by atoms with E-state index in [4.69, 9.17) is 10.6 Å². The third-order valence-corrected chi connectivity index (χ3v) is 3.24. The third-order valence-electron chi connectivity index (χ3n) is 3.24. The molecule has 2 amide bonds. The minimum absolute atomic E-state index is 0.0000902. The number of benzene rings is 2. The molecule has 0 aliphatic heterocycles. The first-order valence-corrected chi connectivity index (χ1v) is 7.22. The number of nitrogen functional groups attached to an aromatic ring is 1. The zero-order chi connectivity index (χ0) is 19.1. The van der Waals surface area contributed by atoms with Crippen molar-refractivity contribution in [1.29, 1.82) is 0 Å². The first-order valence-electron chi connectivity index (χ1n) is 7.22. The van der Waals surface area contributed by atoms with E-state index in [1.807, 2.05) is 5.43 Å². The smallest absolute Gasteiger partial charge is 0.273 e. The Morgan fingerprint density at radius 2 is 2.00 bits per heavy atom. The van der Waals surface area contributed by atoms with Crippen LogP contribution in [0.15, 0.2) is 42.5 Å². The maximum Gasteiger partial charge on any atom is 0.273 e. The SMILES string of the molecule is NNC(=O)c1cc(NC(=O)COc2cccc([N+](=O)[O-])c2)ccc1C=O. The van der Waals surface area contributed by atoms with Crippen molar-refractivity contribution < 1.29 is 24.0 Å². The number of nitrogens with one attached hydrogen (secondary N) is 2. The van der Waals surface area contributed by atoms with Crippen molar-refractivity contribution in [3.63, 3.8) is 0 Å². The molecule has 10 nitrogen and oxygen atoms in total. The molecule has 0 bridgehead atoms. The number of nitrogens with two attached hydrogens (primary N) is 1. The lowest BCUT2D eigenvalue weighted by Crippen LogP contribution is -2.31. The molecule has 0 radical (unpaired) electrons. The summed E-state index contributed by atoms with van der Waals surface area (Å²) < 4.78 is 5.20. The monoisotopic (exact) mass is 358 g/mol. The number of hydrogen-bond donors (Lipinski definition) is 3. The predicted molar refractivity (Wildman–Crippen MR) is 90.7 cm³/mol. The van der Waals surface area contributed by atoms with Gasteiger partial charge in [0.25, 0.3) is 17.5 Å². The number of rotatable bonds is 7. The summed E-state index contributed by atoms with van der Waals surface area (Å²) in [5.41, 5.74) is 2.11. The number of hydrogen-bond acceptors (Lipinski definition) is 7. The summed E-state index contributed by atoms with van der Waals surface area (Å²) in [6.45, 7) is -0.408. The topological polar surface area (TPSA) is 154 Å². The van der Waals surface area contributed by atoms with Crippen molar-refractivity contribution in [1.82, 2.24) is 5.43 Å². The summed E-state index contributed by atoms with van der Waals surface area (Å²) in [5, 5.41) is 13.2. The van der Waals surface area contributed by atoms with Crippen molar-refractivity contribution in [2.24, 2.45) is 5.84 Å². The van der Waals surface area contributed by atoms with Gasteiger partial charge in [-0.2, -0.15) is 0 Å². The van der Waals surface area contributed by atoms with E-state index < -0.39 is 23.3 Å². The fraction of sp³-hybridized carbons (Fsp3) is 0.0625. The standard InChI is InChI=1S/C16H14N4O6/c17-19-16(23)14-6-11(5-4-10(14)8-21)18-15(22)9-26-13-3-1-2-12(7-13)20(24)25/h1-8H,9,17H2,(H,18,22)(H,19,23). The zero-order valence-corrected chi connectivity index (χ0v) is 13.3. The molecule has 0 saturated heterocycles. The summed E-state index contributed by atoms with van der Waals surface area (Å²) in [6.07, 6.45) is 0.488. The van der Waals surface area contributed by atoms with Crippen LogP contribution in [0, 0.1) is 10.1 Å². The van der Waals surface area contributed by atoms with E-state index in [2.05, 4.69) is 5.32 Å². The fourth-order valence-corrected chi connectivity index (χ4v) is 2.04. The van der Waals surface area contributed by atoms with E-state index in [1.165, 1.54) is 42.5 Å². The number of aldehydes is 1. The highest BCUT2D eigenvalue weighted by atomic mass is 16.6. The number of nitrogens with zero attached hydrogens (tertiary/aromatic N) is 1. The normalized spacial score (nSPS) is 9.88. The van der Waals surface area contributed by atoms with Gasteiger partial charge in [-0.1, -0.05) is 6.07 Å². The number of ether oxygens (including phenoxy) is 1. The number of nitro groups is 1. The van der Waals surface area contributed by atoms with Crippen LogP contribution in [-0.4, -0.2) is 29.6 Å². The van der Waals surface area contributed by atoms with Crippen LogP contribution in [-0.2, 0) is 4.79 Å². The van der Waals surface area contributed by atoms with Gasteiger partial charge >= 0.3 is 0 Å². The number of carbonyl (C=O) groups excluding carboxylic acids is 3. The van der Waals surface area contributed by atoms with E-state index in [0.29, 0.717) is 6.29 Å². The maximum absolute atomic E-state index is 11.9. The Morgan fingerprint density at radius 1 is 1.23 bits per heavy atom. The van der Waals surface area contributed by atoms with E-state index in [0.717, 1.165) is 0 Å². The Balaban J connectivity index is 2.04. The average molecular weight is 358 g/mol. The molecule has 0 aromatic heterocycles. The molecule has 0 saturated carbocycles. The minimum Gasteiger partial charge on any atom is -0.484 e. The van der Waals surface area contributed by atoms with E-state index >= 15 is 0 Å². The molecule has 2 rings (SSSR count). The average Bonchev–Trinajstić information content (AvgIpc) is 2.65. The molecule has 0 unspecified atom stereocenters. The fourth-order valence-electron chi connectivity index (χ4n) is 2.04. The van der Waals surface area contributed by atoms with Crippen LogP contribution in [0.25, 0.3) is 0 Å². The largest absolute Gasteiger partial charge is 0.484 e. The van der Waals surface area contributed by atoms with Crippen LogP contribution < -0.4 is 21.3 Å². The Bertz CT molecular complexity index is 868. The van der Waals surface area contributed by atoms with Crippen molar-refractivity contribution in [2.75, 3.05) is 11.9 Å². The number of amides is 2. The number of non-ortho nitro benzene ring substituents is 1. The highest BCUT2D eigenvalue weighted by molar-refractivity contribution is 6.03. The van der Waals surface area contributed by atoms with Crippen LogP contribution in [0.4, 0.5) is 11.4 Å². The molecule has 0 fully saturated rings. The number of carbonyl (C=O) groups is 3. The van der Waals surface area contributed by atoms with Gasteiger partial charge in [-0.25, -0.2) is 5.84 Å². The van der Waals surface area contributed by atoms with Crippen molar-refractivity contribution in [2.45, 2.75) is 0 Å². The van der Waals surface area contributed by atoms with Gasteiger partial charge < -0.3 is 10.1 Å². The molecule has 0 aliphatic rings. The van der Waals surface area contributed by atoms with Crippen LogP contribution in [0.2, 0.25) is 0 Å². The van der Waals surface area contributed by atoms with Crippen LogP contribution >= 0.6 is 0 Å². The van der Waals surface area contributed by atoms with Crippen molar-refractivity contribution in [3.8, 4) is 5.75 Å². The maximum atomic E-state index is 11.9. The van der Waals surface area contributed by atoms with Gasteiger partial charge in [0.2, 0.25) is 0 Å². The molecule has 2 aromatic rings. The molecule has 4 N–H and O–H groups in total. The van der Waals surface area contributed by atoms with Gasteiger partial charge in [-0.05, 0) is 24.3 Å². The molecular weight excluding hydrogens is 344 g/mol. The van der Waals surface area contributed by atoms with Crippen molar-refractivity contribution >= 4 is 29.5 Å². The van der Waals surface area contributed by atoms with E-state index in [1.54, 1.807) is 0 Å². The van der Waals surface area contributed by atoms with Crippen LogP contribution in [0.1, 0.15) is 20.7 Å². The van der Waals surface area contributed by atoms with Gasteiger partial charge in [0, 0.05) is 17.3 Å². The van der Waals surface area contributed by atoms with Gasteiger partial charge in [0.15, 0.2) is 12.9 Å². The second-order valence-electron chi connectivity index (χ2n) is 4.98. The van der Waals surface area contributed by atoms with E-state index in [-0.39, 0.29) is 28.3 Å². The Hall–Kier alpha value is -3.79. The summed E-state index contributed by atoms with van der Waals surface area (Å²) in [4.78, 5) is 44.6. The van der Waals surface area contributed by atoms with Gasteiger partial charge in [0.05, 0.1) is 16.6 Å². The Kier molecular flexibility index (Phi) is 5.96. The number of nitro benzene ring substituents is 1. The summed E-state index contributed by atoms with van der Waals surface area (Å²) >= 11 is 0. The first-order chi connectivity index (χ1) is 12.4. The second-order valence-corrected chi connectivity index (χ2v) is 4.98. The molecule has 0 atom stereocenters. The van der Waals surface area contributed by atoms with Gasteiger partial charge in [-0.3, -0.25) is 29.9 Å². The molecule has 0 heterocycles. The first kappa shape index (κ1) is 18.5. The quantitative estimate of drug-likeness (QED) is 0.219. The zero-order valence-electron chi connectivity index (χ0n) is 13.3. The molecule has 10 heteroatoms. The predicted octanol–water partition coefficient (Wildman–Crippen LogP) is 1.03. The second kappa shape index (κ2) is 8.35. The van der Waals surface area contributed by atoms with Crippen LogP contribution in [0.5, 0.6) is 5.75 Å². The highest BCUT2D eigenvalue weighted by Crippen LogP contribution is 2.19. The molecule has 2 aromatic carbocycles. The molecule has 0 aliphatic carbocycles. The molecule has 26 heavy (non-hydrogen) atoms. The third kappa shape index (κ3) is 4.61. The molecular formula is C16H14N4O6. The molecule has 0 spiro atoms. The minimum atomic E-state index is -0.684. The number of hydrazine groups is 1. The summed E-state index contributed by atoms with van der Waals surface area (Å²) in [6, 6.07) is 9.47. The van der Waals surface area contributed by atoms with Crippen LogP contribution in [0.3, 0.4) is 0 Å². The van der Waals surface area contributed by atoms with Gasteiger partial charge in [0.1, 0.15) is 5.75 Å².